The Kier molecular flexibility index (Phi) is 3.62. The maximum absolute atomic E-state index is 12.3. The molecule has 1 heterocycles. The monoisotopic (exact) mass is 313 g/mol. The SMILES string of the molecule is Cc1ccc(C=CC(=O)NC(C)C23CC4CC(CC(C4)C2)C3)o1. The highest BCUT2D eigenvalue weighted by atomic mass is 16.3. The van der Waals surface area contributed by atoms with Gasteiger partial charge in [-0.15, -0.1) is 0 Å². The summed E-state index contributed by atoms with van der Waals surface area (Å²) in [4.78, 5) is 12.3. The molecular weight excluding hydrogens is 286 g/mol. The zero-order valence-corrected chi connectivity index (χ0v) is 14.2. The minimum atomic E-state index is 0.00213. The van der Waals surface area contributed by atoms with E-state index in [1.165, 1.54) is 38.5 Å². The summed E-state index contributed by atoms with van der Waals surface area (Å²) in [6.07, 6.45) is 11.7. The van der Waals surface area contributed by atoms with Crippen molar-refractivity contribution >= 4 is 12.0 Å². The average molecular weight is 313 g/mol. The lowest BCUT2D eigenvalue weighted by Gasteiger charge is -2.59. The van der Waals surface area contributed by atoms with E-state index in [0.717, 1.165) is 29.3 Å². The first-order valence-electron chi connectivity index (χ1n) is 9.07. The van der Waals surface area contributed by atoms with Crippen molar-refractivity contribution in [3.05, 3.63) is 29.7 Å². The molecule has 4 aliphatic carbocycles. The van der Waals surface area contributed by atoms with Crippen molar-refractivity contribution in [3.63, 3.8) is 0 Å². The molecule has 1 N–H and O–H groups in total. The average Bonchev–Trinajstić information content (AvgIpc) is 2.89. The Bertz CT molecular complexity index is 592. The fraction of sp³-hybridized carbons (Fsp3) is 0.650. The van der Waals surface area contributed by atoms with Crippen LogP contribution in [-0.2, 0) is 4.79 Å². The summed E-state index contributed by atoms with van der Waals surface area (Å²) in [6.45, 7) is 4.13. The van der Waals surface area contributed by atoms with Gasteiger partial charge in [0.1, 0.15) is 11.5 Å². The molecule has 3 heteroatoms. The van der Waals surface area contributed by atoms with Crippen molar-refractivity contribution in [2.75, 3.05) is 0 Å². The van der Waals surface area contributed by atoms with Gasteiger partial charge >= 0.3 is 0 Å². The van der Waals surface area contributed by atoms with Gasteiger partial charge in [-0.05, 0) is 93.7 Å². The number of carbonyl (C=O) groups is 1. The van der Waals surface area contributed by atoms with E-state index in [-0.39, 0.29) is 11.9 Å². The van der Waals surface area contributed by atoms with Crippen LogP contribution in [0.2, 0.25) is 0 Å². The fourth-order valence-electron chi connectivity index (χ4n) is 5.82. The topological polar surface area (TPSA) is 42.2 Å². The van der Waals surface area contributed by atoms with Gasteiger partial charge in [0.15, 0.2) is 0 Å². The van der Waals surface area contributed by atoms with E-state index in [2.05, 4.69) is 12.2 Å². The number of aryl methyl sites for hydroxylation is 1. The van der Waals surface area contributed by atoms with Crippen molar-refractivity contribution < 1.29 is 9.21 Å². The molecule has 4 aliphatic rings. The Morgan fingerprint density at radius 1 is 1.22 bits per heavy atom. The van der Waals surface area contributed by atoms with E-state index in [9.17, 15) is 4.79 Å². The number of furan rings is 1. The van der Waals surface area contributed by atoms with E-state index >= 15 is 0 Å². The van der Waals surface area contributed by atoms with Gasteiger partial charge in [-0.2, -0.15) is 0 Å². The summed E-state index contributed by atoms with van der Waals surface area (Å²) < 4.78 is 5.47. The van der Waals surface area contributed by atoms with Crippen LogP contribution >= 0.6 is 0 Å². The molecule has 4 bridgehead atoms. The van der Waals surface area contributed by atoms with Crippen LogP contribution in [0.4, 0.5) is 0 Å². The Morgan fingerprint density at radius 3 is 2.35 bits per heavy atom. The lowest BCUT2D eigenvalue weighted by atomic mass is 9.48. The molecule has 0 aliphatic heterocycles. The van der Waals surface area contributed by atoms with Crippen LogP contribution in [0.1, 0.15) is 57.0 Å². The Morgan fingerprint density at radius 2 is 1.83 bits per heavy atom. The molecule has 0 radical (unpaired) electrons. The molecule has 0 spiro atoms. The molecule has 1 aromatic heterocycles. The van der Waals surface area contributed by atoms with Gasteiger partial charge < -0.3 is 9.73 Å². The first kappa shape index (κ1) is 15.0. The van der Waals surface area contributed by atoms with E-state index in [1.54, 1.807) is 12.2 Å². The second-order valence-electron chi connectivity index (χ2n) is 8.29. The van der Waals surface area contributed by atoms with Gasteiger partial charge in [-0.25, -0.2) is 0 Å². The third-order valence-corrected chi connectivity index (χ3v) is 6.52. The molecule has 1 aromatic rings. The second-order valence-corrected chi connectivity index (χ2v) is 8.29. The highest BCUT2D eigenvalue weighted by Crippen LogP contribution is 2.61. The minimum Gasteiger partial charge on any atom is -0.462 e. The predicted molar refractivity (Wildman–Crippen MR) is 90.7 cm³/mol. The molecule has 0 saturated heterocycles. The molecule has 0 aromatic carbocycles. The van der Waals surface area contributed by atoms with E-state index in [4.69, 9.17) is 4.42 Å². The molecule has 1 atom stereocenters. The maximum atomic E-state index is 12.3. The highest BCUT2D eigenvalue weighted by Gasteiger charge is 2.53. The normalized spacial score (nSPS) is 36.5. The molecule has 4 fully saturated rings. The smallest absolute Gasteiger partial charge is 0.244 e. The lowest BCUT2D eigenvalue weighted by molar-refractivity contribution is -0.121. The number of hydrogen-bond acceptors (Lipinski definition) is 2. The molecule has 1 amide bonds. The van der Waals surface area contributed by atoms with Gasteiger partial charge in [-0.3, -0.25) is 4.79 Å². The predicted octanol–water partition coefficient (Wildman–Crippen LogP) is 4.32. The zero-order valence-electron chi connectivity index (χ0n) is 14.2. The van der Waals surface area contributed by atoms with Gasteiger partial charge in [0, 0.05) is 12.1 Å². The van der Waals surface area contributed by atoms with E-state index in [0.29, 0.717) is 5.41 Å². The third-order valence-electron chi connectivity index (χ3n) is 6.52. The van der Waals surface area contributed by atoms with Crippen LogP contribution in [0.3, 0.4) is 0 Å². The standard InChI is InChI=1S/C20H27NO2/c1-13-3-4-18(23-13)5-6-19(22)21-14(2)20-10-15-7-16(11-20)9-17(8-15)12-20/h3-6,14-17H,7-12H2,1-2H3,(H,21,22). The number of carbonyl (C=O) groups excluding carboxylic acids is 1. The Labute approximate surface area is 138 Å². The van der Waals surface area contributed by atoms with Crippen molar-refractivity contribution in [3.8, 4) is 0 Å². The zero-order chi connectivity index (χ0) is 16.0. The summed E-state index contributed by atoms with van der Waals surface area (Å²) in [5.74, 6) is 4.36. The van der Waals surface area contributed by atoms with Crippen LogP contribution in [0.25, 0.3) is 6.08 Å². The molecule has 23 heavy (non-hydrogen) atoms. The van der Waals surface area contributed by atoms with Crippen molar-refractivity contribution in [1.82, 2.24) is 5.32 Å². The number of rotatable bonds is 4. The quantitative estimate of drug-likeness (QED) is 0.841. The van der Waals surface area contributed by atoms with Crippen molar-refractivity contribution in [2.45, 2.75) is 58.4 Å². The van der Waals surface area contributed by atoms with Crippen LogP contribution in [-0.4, -0.2) is 11.9 Å². The Balaban J connectivity index is 1.40. The number of amides is 1. The number of nitrogens with one attached hydrogen (secondary N) is 1. The van der Waals surface area contributed by atoms with Crippen molar-refractivity contribution in [2.24, 2.45) is 23.2 Å². The third kappa shape index (κ3) is 2.86. The van der Waals surface area contributed by atoms with Crippen LogP contribution < -0.4 is 5.32 Å². The molecule has 3 nitrogen and oxygen atoms in total. The van der Waals surface area contributed by atoms with Gasteiger partial charge in [0.25, 0.3) is 0 Å². The van der Waals surface area contributed by atoms with Crippen LogP contribution in [0.15, 0.2) is 22.6 Å². The van der Waals surface area contributed by atoms with E-state index < -0.39 is 0 Å². The molecule has 5 rings (SSSR count). The summed E-state index contributed by atoms with van der Waals surface area (Å²) >= 11 is 0. The van der Waals surface area contributed by atoms with E-state index in [1.807, 2.05) is 19.1 Å². The molecule has 124 valence electrons. The summed E-state index contributed by atoms with van der Waals surface area (Å²) in [5, 5.41) is 3.25. The summed E-state index contributed by atoms with van der Waals surface area (Å²) in [5.41, 5.74) is 0.361. The first-order chi connectivity index (χ1) is 11.0. The highest BCUT2D eigenvalue weighted by molar-refractivity contribution is 5.91. The molecule has 4 saturated carbocycles. The van der Waals surface area contributed by atoms with Crippen molar-refractivity contribution in [1.29, 1.82) is 0 Å². The molecular formula is C20H27NO2. The fourth-order valence-corrected chi connectivity index (χ4v) is 5.82. The summed E-state index contributed by atoms with van der Waals surface area (Å²) in [6, 6.07) is 4.07. The first-order valence-corrected chi connectivity index (χ1v) is 9.07. The molecule has 1 unspecified atom stereocenters. The maximum Gasteiger partial charge on any atom is 0.244 e. The second kappa shape index (κ2) is 5.54. The van der Waals surface area contributed by atoms with Crippen LogP contribution in [0.5, 0.6) is 0 Å². The van der Waals surface area contributed by atoms with Crippen LogP contribution in [0, 0.1) is 30.1 Å². The minimum absolute atomic E-state index is 0.00213. The lowest BCUT2D eigenvalue weighted by Crippen LogP contribution is -2.55. The van der Waals surface area contributed by atoms with Gasteiger partial charge in [0.2, 0.25) is 5.91 Å². The largest absolute Gasteiger partial charge is 0.462 e. The number of hydrogen-bond donors (Lipinski definition) is 1. The van der Waals surface area contributed by atoms with Gasteiger partial charge in [-0.1, -0.05) is 0 Å². The summed E-state index contributed by atoms with van der Waals surface area (Å²) in [7, 11) is 0. The Hall–Kier alpha value is -1.51. The van der Waals surface area contributed by atoms with Gasteiger partial charge in [0.05, 0.1) is 0 Å².